The zero-order valence-corrected chi connectivity index (χ0v) is 9.58. The number of carboxylic acid groups (broad SMARTS) is 1. The van der Waals surface area contributed by atoms with Gasteiger partial charge in [-0.05, 0) is 29.2 Å². The lowest BCUT2D eigenvalue weighted by Gasteiger charge is -2.10. The molecule has 86 valence electrons. The molecule has 1 aromatic carbocycles. The molecule has 3 rings (SSSR count). The molecule has 5 nitrogen and oxygen atoms in total. The molecule has 1 aliphatic heterocycles. The van der Waals surface area contributed by atoms with Crippen LogP contribution >= 0.6 is 10.9 Å². The summed E-state index contributed by atoms with van der Waals surface area (Å²) < 4.78 is 1.75. The maximum Gasteiger partial charge on any atom is 0.335 e. The molecule has 17 heavy (non-hydrogen) atoms. The second kappa shape index (κ2) is 3.74. The van der Waals surface area contributed by atoms with E-state index in [4.69, 9.17) is 5.11 Å². The zero-order chi connectivity index (χ0) is 11.8. The van der Waals surface area contributed by atoms with Crippen LogP contribution in [0.2, 0.25) is 0 Å². The SMILES string of the molecule is O=C(O)c1ccc([SH]2C=Nn3ccnc32)cc1. The quantitative estimate of drug-likeness (QED) is 0.795. The molecular formula is C11H9N3O2S. The average Bonchev–Trinajstić information content (AvgIpc) is 2.90. The van der Waals surface area contributed by atoms with Gasteiger partial charge in [-0.3, -0.25) is 0 Å². The van der Waals surface area contributed by atoms with Gasteiger partial charge in [0, 0.05) is 12.4 Å². The van der Waals surface area contributed by atoms with E-state index in [9.17, 15) is 4.79 Å². The number of fused-ring (bicyclic) bond motifs is 1. The van der Waals surface area contributed by atoms with Gasteiger partial charge in [-0.15, -0.1) is 10.9 Å². The lowest BCUT2D eigenvalue weighted by atomic mass is 10.2. The first-order chi connectivity index (χ1) is 8.25. The number of aromatic nitrogens is 2. The van der Waals surface area contributed by atoms with E-state index in [1.807, 2.05) is 17.7 Å². The molecule has 0 radical (unpaired) electrons. The maximum absolute atomic E-state index is 10.8. The Labute approximate surface area is 99.8 Å². The summed E-state index contributed by atoms with van der Waals surface area (Å²) in [5, 5.41) is 14.0. The third kappa shape index (κ3) is 1.62. The minimum Gasteiger partial charge on any atom is -0.478 e. The summed E-state index contributed by atoms with van der Waals surface area (Å²) in [7, 11) is -0.683. The van der Waals surface area contributed by atoms with Gasteiger partial charge in [0.05, 0.1) is 11.1 Å². The monoisotopic (exact) mass is 247 g/mol. The number of imidazole rings is 1. The van der Waals surface area contributed by atoms with Crippen molar-refractivity contribution >= 4 is 22.4 Å². The topological polar surface area (TPSA) is 67.5 Å². The van der Waals surface area contributed by atoms with Crippen molar-refractivity contribution in [2.75, 3.05) is 0 Å². The molecule has 0 saturated carbocycles. The van der Waals surface area contributed by atoms with E-state index in [0.29, 0.717) is 5.56 Å². The van der Waals surface area contributed by atoms with Crippen molar-refractivity contribution in [3.8, 4) is 0 Å². The number of nitrogens with zero attached hydrogens (tertiary/aromatic N) is 3. The predicted octanol–water partition coefficient (Wildman–Crippen LogP) is 1.81. The van der Waals surface area contributed by atoms with Crippen molar-refractivity contribution in [3.05, 3.63) is 42.2 Å². The molecule has 6 heteroatoms. The van der Waals surface area contributed by atoms with Gasteiger partial charge in [-0.2, -0.15) is 5.10 Å². The van der Waals surface area contributed by atoms with Crippen molar-refractivity contribution in [2.24, 2.45) is 5.10 Å². The Bertz CT molecular complexity index is 603. The smallest absolute Gasteiger partial charge is 0.335 e. The Hall–Kier alpha value is -2.08. The van der Waals surface area contributed by atoms with Crippen LogP contribution in [0.3, 0.4) is 0 Å². The molecule has 0 fully saturated rings. The third-order valence-electron chi connectivity index (χ3n) is 2.50. The van der Waals surface area contributed by atoms with E-state index in [1.165, 1.54) is 0 Å². The van der Waals surface area contributed by atoms with Crippen LogP contribution in [0.15, 0.2) is 51.8 Å². The van der Waals surface area contributed by atoms with E-state index in [1.54, 1.807) is 29.2 Å². The highest BCUT2D eigenvalue weighted by molar-refractivity contribution is 8.28. The van der Waals surface area contributed by atoms with E-state index in [0.717, 1.165) is 10.1 Å². The van der Waals surface area contributed by atoms with Crippen LogP contribution in [0, 0.1) is 0 Å². The zero-order valence-electron chi connectivity index (χ0n) is 8.69. The summed E-state index contributed by atoms with van der Waals surface area (Å²) in [5.41, 5.74) is 2.16. The van der Waals surface area contributed by atoms with Gasteiger partial charge in [0.1, 0.15) is 0 Å². The second-order valence-electron chi connectivity index (χ2n) is 3.52. The van der Waals surface area contributed by atoms with Crippen LogP contribution in [0.5, 0.6) is 0 Å². The number of benzene rings is 1. The molecular weight excluding hydrogens is 238 g/mol. The third-order valence-corrected chi connectivity index (χ3v) is 4.44. The summed E-state index contributed by atoms with van der Waals surface area (Å²) >= 11 is 0. The van der Waals surface area contributed by atoms with E-state index >= 15 is 0 Å². The first-order valence-electron chi connectivity index (χ1n) is 4.96. The van der Waals surface area contributed by atoms with Gasteiger partial charge < -0.3 is 5.11 Å². The Morgan fingerprint density at radius 2 is 2.06 bits per heavy atom. The van der Waals surface area contributed by atoms with Gasteiger partial charge in [0.25, 0.3) is 0 Å². The largest absolute Gasteiger partial charge is 0.478 e. The molecule has 1 aromatic heterocycles. The molecule has 1 atom stereocenters. The van der Waals surface area contributed by atoms with Crippen LogP contribution in [0.1, 0.15) is 10.4 Å². The van der Waals surface area contributed by atoms with E-state index in [2.05, 4.69) is 10.1 Å². The van der Waals surface area contributed by atoms with Gasteiger partial charge in [0.15, 0.2) is 5.16 Å². The first kappa shape index (κ1) is 10.1. The van der Waals surface area contributed by atoms with Crippen LogP contribution in [0.4, 0.5) is 0 Å². The molecule has 0 saturated heterocycles. The highest BCUT2D eigenvalue weighted by atomic mass is 32.2. The van der Waals surface area contributed by atoms with Crippen molar-refractivity contribution in [3.63, 3.8) is 0 Å². The van der Waals surface area contributed by atoms with Gasteiger partial charge in [-0.1, -0.05) is 0 Å². The van der Waals surface area contributed by atoms with Crippen LogP contribution in [0.25, 0.3) is 0 Å². The highest BCUT2D eigenvalue weighted by Gasteiger charge is 2.18. The Kier molecular flexibility index (Phi) is 2.22. The Morgan fingerprint density at radius 1 is 1.29 bits per heavy atom. The van der Waals surface area contributed by atoms with Crippen molar-refractivity contribution < 1.29 is 9.90 Å². The summed E-state index contributed by atoms with van der Waals surface area (Å²) in [5.74, 6) is -0.911. The number of carboxylic acids is 1. The summed E-state index contributed by atoms with van der Waals surface area (Å²) in [6.07, 6.45) is 3.52. The van der Waals surface area contributed by atoms with E-state index < -0.39 is 16.9 Å². The number of hydrogen-bond donors (Lipinski definition) is 2. The first-order valence-corrected chi connectivity index (χ1v) is 6.37. The van der Waals surface area contributed by atoms with E-state index in [-0.39, 0.29) is 0 Å². The molecule has 1 aliphatic rings. The summed E-state index contributed by atoms with van der Waals surface area (Å²) in [4.78, 5) is 16.1. The van der Waals surface area contributed by atoms with Gasteiger partial charge in [0.2, 0.25) is 0 Å². The fourth-order valence-electron chi connectivity index (χ4n) is 1.66. The fraction of sp³-hybridized carbons (Fsp3) is 0. The predicted molar refractivity (Wildman–Crippen MR) is 65.0 cm³/mol. The van der Waals surface area contributed by atoms with Crippen LogP contribution in [-0.4, -0.2) is 26.3 Å². The molecule has 0 bridgehead atoms. The Balaban J connectivity index is 1.97. The highest BCUT2D eigenvalue weighted by Crippen LogP contribution is 2.43. The van der Waals surface area contributed by atoms with Crippen molar-refractivity contribution in [1.82, 2.24) is 9.66 Å². The minimum absolute atomic E-state index is 0.295. The Morgan fingerprint density at radius 3 is 2.76 bits per heavy atom. The average molecular weight is 247 g/mol. The molecule has 1 N–H and O–H groups in total. The van der Waals surface area contributed by atoms with Crippen molar-refractivity contribution in [1.29, 1.82) is 0 Å². The number of carbonyl (C=O) groups is 1. The maximum atomic E-state index is 10.8. The van der Waals surface area contributed by atoms with Crippen LogP contribution < -0.4 is 0 Å². The fourth-order valence-corrected chi connectivity index (χ4v) is 3.34. The minimum atomic E-state index is -0.911. The number of aromatic carboxylic acids is 1. The molecule has 0 aliphatic carbocycles. The normalized spacial score (nSPS) is 19.2. The summed E-state index contributed by atoms with van der Waals surface area (Å²) in [6, 6.07) is 6.87. The lowest BCUT2D eigenvalue weighted by molar-refractivity contribution is 0.0697. The van der Waals surface area contributed by atoms with Crippen LogP contribution in [-0.2, 0) is 0 Å². The standard InChI is InChI=1S/C11H9N3O2S/c15-10(16)8-1-3-9(4-2-8)17-7-13-14-6-5-12-11(14)17/h1-7,17H,(H,15,16). The second-order valence-corrected chi connectivity index (χ2v) is 5.41. The van der Waals surface area contributed by atoms with Crippen molar-refractivity contribution in [2.45, 2.75) is 10.1 Å². The van der Waals surface area contributed by atoms with Gasteiger partial charge in [-0.25, -0.2) is 14.5 Å². The number of hydrogen-bond acceptors (Lipinski definition) is 3. The lowest BCUT2D eigenvalue weighted by Crippen LogP contribution is -1.95. The molecule has 0 spiro atoms. The number of thiol groups is 1. The number of rotatable bonds is 2. The molecule has 2 aromatic rings. The molecule has 1 unspecified atom stereocenters. The molecule has 2 heterocycles. The summed E-state index contributed by atoms with van der Waals surface area (Å²) in [6.45, 7) is 0. The van der Waals surface area contributed by atoms with Gasteiger partial charge >= 0.3 is 5.97 Å². The molecule has 0 amide bonds.